The molecule has 1 aliphatic heterocycles. The Bertz CT molecular complexity index is 1110. The fourth-order valence-corrected chi connectivity index (χ4v) is 4.56. The van der Waals surface area contributed by atoms with E-state index < -0.39 is 29.0 Å². The predicted octanol–water partition coefficient (Wildman–Crippen LogP) is 2.51. The first-order valence-corrected chi connectivity index (χ1v) is 11.9. The van der Waals surface area contributed by atoms with Crippen LogP contribution in [0.4, 0.5) is 19.3 Å². The number of amides is 2. The molecule has 2 aromatic heterocycles. The summed E-state index contributed by atoms with van der Waals surface area (Å²) in [5, 5.41) is 10.7. The molecule has 0 aromatic carbocycles. The molecule has 33 heavy (non-hydrogen) atoms. The first-order chi connectivity index (χ1) is 15.4. The normalized spacial score (nSPS) is 16.2. The number of hydrogen-bond acceptors (Lipinski definition) is 7. The van der Waals surface area contributed by atoms with Gasteiger partial charge >= 0.3 is 6.03 Å². The Morgan fingerprint density at radius 2 is 2.00 bits per heavy atom. The van der Waals surface area contributed by atoms with E-state index in [1.165, 1.54) is 11.8 Å². The second-order valence-electron chi connectivity index (χ2n) is 8.25. The van der Waals surface area contributed by atoms with Crippen molar-refractivity contribution in [1.82, 2.24) is 24.3 Å². The van der Waals surface area contributed by atoms with Crippen molar-refractivity contribution in [1.29, 1.82) is 0 Å². The summed E-state index contributed by atoms with van der Waals surface area (Å²) in [6.07, 6.45) is -1.84. The number of fused-ring (bicyclic) bond motifs is 1. The van der Waals surface area contributed by atoms with Crippen molar-refractivity contribution in [2.45, 2.75) is 70.0 Å². The van der Waals surface area contributed by atoms with Crippen LogP contribution in [0.2, 0.25) is 0 Å². The zero-order valence-corrected chi connectivity index (χ0v) is 19.8. The van der Waals surface area contributed by atoms with Gasteiger partial charge in [0.15, 0.2) is 4.90 Å². The van der Waals surface area contributed by atoms with E-state index in [1.807, 2.05) is 4.72 Å². The van der Waals surface area contributed by atoms with Gasteiger partial charge in [-0.2, -0.15) is 10.2 Å². The molecule has 2 N–H and O–H groups in total. The van der Waals surface area contributed by atoms with Crippen molar-refractivity contribution >= 4 is 21.7 Å². The van der Waals surface area contributed by atoms with E-state index in [-0.39, 0.29) is 41.0 Å². The fourth-order valence-electron chi connectivity index (χ4n) is 3.58. The van der Waals surface area contributed by atoms with Gasteiger partial charge < -0.3 is 14.8 Å². The lowest BCUT2D eigenvalue weighted by Gasteiger charge is -2.23. The van der Waals surface area contributed by atoms with Gasteiger partial charge in [-0.3, -0.25) is 4.68 Å². The minimum Gasteiger partial charge on any atom is -0.474 e. The minimum atomic E-state index is -4.34. The first kappa shape index (κ1) is 24.9. The number of hydrogen-bond donors (Lipinski definition) is 2. The fraction of sp³-hybridized carbons (Fsp3) is 0.632. The van der Waals surface area contributed by atoms with Crippen LogP contribution in [0.5, 0.6) is 5.88 Å². The number of ether oxygens (including phenoxy) is 2. The maximum atomic E-state index is 13.1. The highest BCUT2D eigenvalue weighted by Gasteiger charge is 2.32. The Labute approximate surface area is 190 Å². The lowest BCUT2D eigenvalue weighted by atomic mass is 10.0. The van der Waals surface area contributed by atoms with Gasteiger partial charge in [-0.25, -0.2) is 31.4 Å². The van der Waals surface area contributed by atoms with Gasteiger partial charge in [0.05, 0.1) is 29.8 Å². The van der Waals surface area contributed by atoms with E-state index in [0.29, 0.717) is 17.9 Å². The Balaban J connectivity index is 1.86. The highest BCUT2D eigenvalue weighted by molar-refractivity contribution is 7.90. The van der Waals surface area contributed by atoms with E-state index >= 15 is 0 Å². The van der Waals surface area contributed by atoms with E-state index in [4.69, 9.17) is 9.47 Å². The quantitative estimate of drug-likeness (QED) is 0.582. The maximum Gasteiger partial charge on any atom is 0.333 e. The molecule has 0 saturated carbocycles. The largest absolute Gasteiger partial charge is 0.474 e. The Morgan fingerprint density at radius 3 is 2.58 bits per heavy atom. The third-order valence-electron chi connectivity index (χ3n) is 5.05. The molecule has 184 valence electrons. The molecule has 3 rings (SSSR count). The van der Waals surface area contributed by atoms with E-state index in [1.54, 1.807) is 27.7 Å². The monoisotopic (exact) mass is 490 g/mol. The van der Waals surface area contributed by atoms with Crippen molar-refractivity contribution in [3.05, 3.63) is 17.6 Å². The number of carbonyl (C=O) groups excluding carboxylic acids is 1. The molecule has 1 atom stereocenters. The molecule has 2 amide bonds. The molecule has 11 nitrogen and oxygen atoms in total. The SMILES string of the molecule is COC1COc2c(S(=O)(=O)NC(=O)Nc3c(C(C)C)nn(CC(F)F)c3C(C)C)cnn2C1. The predicted molar refractivity (Wildman–Crippen MR) is 114 cm³/mol. The number of rotatable bonds is 8. The van der Waals surface area contributed by atoms with Gasteiger partial charge in [0.2, 0.25) is 5.88 Å². The molecule has 1 unspecified atom stereocenters. The standard InChI is InChI=1S/C19H28F2N6O5S/c1-10(2)15-16(17(11(3)4)26(24-15)8-14(20)21)23-19(28)25-33(29,30)13-6-22-27-7-12(31-5)9-32-18(13)27/h6,10-12,14H,7-9H2,1-5H3,(H2,23,25,28). The third-order valence-corrected chi connectivity index (χ3v) is 6.37. The molecule has 0 radical (unpaired) electrons. The molecule has 0 saturated heterocycles. The smallest absolute Gasteiger partial charge is 0.333 e. The Morgan fingerprint density at radius 1 is 1.30 bits per heavy atom. The number of aromatic nitrogens is 4. The summed E-state index contributed by atoms with van der Waals surface area (Å²) in [7, 11) is -2.83. The Kier molecular flexibility index (Phi) is 7.26. The van der Waals surface area contributed by atoms with Gasteiger partial charge in [0.1, 0.15) is 19.3 Å². The molecule has 0 fully saturated rings. The van der Waals surface area contributed by atoms with E-state index in [0.717, 1.165) is 10.9 Å². The summed E-state index contributed by atoms with van der Waals surface area (Å²) in [6.45, 7) is 6.92. The number of nitrogens with zero attached hydrogens (tertiary/aromatic N) is 4. The summed E-state index contributed by atoms with van der Waals surface area (Å²) < 4.78 is 66.9. The molecule has 0 spiro atoms. The molecular formula is C19H28F2N6O5S. The molecule has 14 heteroatoms. The van der Waals surface area contributed by atoms with Crippen LogP contribution in [0.1, 0.15) is 50.9 Å². The molecular weight excluding hydrogens is 462 g/mol. The van der Waals surface area contributed by atoms with Gasteiger partial charge in [-0.15, -0.1) is 0 Å². The van der Waals surface area contributed by atoms with Crippen LogP contribution in [0, 0.1) is 0 Å². The summed E-state index contributed by atoms with van der Waals surface area (Å²) in [4.78, 5) is 12.4. The summed E-state index contributed by atoms with van der Waals surface area (Å²) >= 11 is 0. The van der Waals surface area contributed by atoms with E-state index in [2.05, 4.69) is 15.5 Å². The lowest BCUT2D eigenvalue weighted by molar-refractivity contribution is 0.0165. The lowest BCUT2D eigenvalue weighted by Crippen LogP contribution is -2.36. The van der Waals surface area contributed by atoms with Crippen molar-refractivity contribution in [2.75, 3.05) is 19.0 Å². The third kappa shape index (κ3) is 5.27. The summed E-state index contributed by atoms with van der Waals surface area (Å²) in [5.74, 6) is -0.474. The van der Waals surface area contributed by atoms with E-state index in [9.17, 15) is 22.0 Å². The Hall–Kier alpha value is -2.74. The molecule has 0 bridgehead atoms. The second kappa shape index (κ2) is 9.63. The van der Waals surface area contributed by atoms with Gasteiger partial charge in [0.25, 0.3) is 16.4 Å². The average Bonchev–Trinajstić information content (AvgIpc) is 3.28. The van der Waals surface area contributed by atoms with Gasteiger partial charge in [-0.05, 0) is 11.8 Å². The topological polar surface area (TPSA) is 129 Å². The van der Waals surface area contributed by atoms with Gasteiger partial charge in [0, 0.05) is 7.11 Å². The number of anilines is 1. The second-order valence-corrected chi connectivity index (χ2v) is 9.90. The highest BCUT2D eigenvalue weighted by Crippen LogP contribution is 2.33. The van der Waals surface area contributed by atoms with Crippen molar-refractivity contribution in [3.63, 3.8) is 0 Å². The van der Waals surface area contributed by atoms with Crippen LogP contribution in [0.25, 0.3) is 0 Å². The van der Waals surface area contributed by atoms with Crippen LogP contribution in [-0.2, 0) is 27.8 Å². The molecule has 1 aliphatic rings. The van der Waals surface area contributed by atoms with Crippen LogP contribution >= 0.6 is 0 Å². The number of nitrogens with one attached hydrogen (secondary N) is 2. The zero-order valence-electron chi connectivity index (χ0n) is 19.0. The van der Waals surface area contributed by atoms with Crippen molar-refractivity contribution in [2.24, 2.45) is 0 Å². The molecule has 2 aromatic rings. The number of methoxy groups -OCH3 is 1. The van der Waals surface area contributed by atoms with Crippen LogP contribution in [0.15, 0.2) is 11.1 Å². The first-order valence-electron chi connectivity index (χ1n) is 10.4. The highest BCUT2D eigenvalue weighted by atomic mass is 32.2. The summed E-state index contributed by atoms with van der Waals surface area (Å²) in [5.41, 5.74) is 0.969. The minimum absolute atomic E-state index is 0.000841. The van der Waals surface area contributed by atoms with Crippen molar-refractivity contribution in [3.8, 4) is 5.88 Å². The van der Waals surface area contributed by atoms with Crippen molar-refractivity contribution < 1.29 is 31.5 Å². The number of urea groups is 1. The van der Waals surface area contributed by atoms with Crippen LogP contribution in [-0.4, -0.2) is 60.3 Å². The number of halogens is 2. The molecule has 3 heterocycles. The number of alkyl halides is 2. The number of sulfonamides is 1. The number of carbonyl (C=O) groups is 1. The van der Waals surface area contributed by atoms with Gasteiger partial charge in [-0.1, -0.05) is 27.7 Å². The zero-order chi connectivity index (χ0) is 24.5. The average molecular weight is 491 g/mol. The maximum absolute atomic E-state index is 13.1. The summed E-state index contributed by atoms with van der Waals surface area (Å²) in [6, 6.07) is -1.05. The van der Waals surface area contributed by atoms with Crippen LogP contribution < -0.4 is 14.8 Å². The van der Waals surface area contributed by atoms with Crippen LogP contribution in [0.3, 0.4) is 0 Å². The molecule has 0 aliphatic carbocycles.